The van der Waals surface area contributed by atoms with Gasteiger partial charge in [-0.3, -0.25) is 4.68 Å². The van der Waals surface area contributed by atoms with E-state index in [9.17, 15) is 0 Å². The van der Waals surface area contributed by atoms with Gasteiger partial charge in [0, 0.05) is 5.39 Å². The molecule has 1 N–H and O–H groups in total. The molecule has 0 saturated carbocycles. The van der Waals surface area contributed by atoms with E-state index in [0.29, 0.717) is 6.54 Å². The fraction of sp³-hybridized carbons (Fsp3) is 0.267. The average Bonchev–Trinajstić information content (AvgIpc) is 3.05. The zero-order valence-corrected chi connectivity index (χ0v) is 11.0. The summed E-state index contributed by atoms with van der Waals surface area (Å²) in [5.41, 5.74) is 1.13. The Balaban J connectivity index is 1.79. The summed E-state index contributed by atoms with van der Waals surface area (Å²) >= 11 is 0. The summed E-state index contributed by atoms with van der Waals surface area (Å²) in [7, 11) is 0. The fourth-order valence-corrected chi connectivity index (χ4v) is 2.15. The molecule has 0 radical (unpaired) electrons. The third kappa shape index (κ3) is 2.53. The summed E-state index contributed by atoms with van der Waals surface area (Å²) in [6.07, 6.45) is 1.89. The average molecular weight is 255 g/mol. The second kappa shape index (κ2) is 5.28. The summed E-state index contributed by atoms with van der Waals surface area (Å²) in [4.78, 5) is 0. The number of para-hydroxylation sites is 1. The van der Waals surface area contributed by atoms with E-state index in [0.717, 1.165) is 35.5 Å². The van der Waals surface area contributed by atoms with Crippen LogP contribution in [0.4, 0.5) is 0 Å². The molecule has 0 aliphatic carbocycles. The van der Waals surface area contributed by atoms with Crippen LogP contribution in [0.3, 0.4) is 0 Å². The highest BCUT2D eigenvalue weighted by Crippen LogP contribution is 2.15. The second-order valence-corrected chi connectivity index (χ2v) is 4.51. The quantitative estimate of drug-likeness (QED) is 0.762. The molecular weight excluding hydrogens is 238 g/mol. The molecule has 0 saturated heterocycles. The molecule has 0 spiro atoms. The van der Waals surface area contributed by atoms with E-state index in [4.69, 9.17) is 4.42 Å². The highest BCUT2D eigenvalue weighted by molar-refractivity contribution is 5.78. The van der Waals surface area contributed by atoms with Gasteiger partial charge in [-0.25, -0.2) is 0 Å². The summed E-state index contributed by atoms with van der Waals surface area (Å²) in [5.74, 6) is 1.90. The van der Waals surface area contributed by atoms with Crippen molar-refractivity contribution in [3.8, 4) is 0 Å². The molecular formula is C15H17N3O. The van der Waals surface area contributed by atoms with E-state index in [1.165, 1.54) is 0 Å². The van der Waals surface area contributed by atoms with Crippen molar-refractivity contribution in [3.05, 3.63) is 54.1 Å². The minimum Gasteiger partial charge on any atom is -0.463 e. The molecule has 0 bridgehead atoms. The molecule has 0 amide bonds. The van der Waals surface area contributed by atoms with Crippen LogP contribution in [0.1, 0.15) is 18.4 Å². The molecule has 2 aromatic heterocycles. The molecule has 4 nitrogen and oxygen atoms in total. The van der Waals surface area contributed by atoms with E-state index in [1.54, 1.807) is 0 Å². The predicted molar refractivity (Wildman–Crippen MR) is 74.9 cm³/mol. The first kappa shape index (κ1) is 12.0. The van der Waals surface area contributed by atoms with Crippen LogP contribution in [0.5, 0.6) is 0 Å². The topological polar surface area (TPSA) is 43.0 Å². The standard InChI is InChI=1S/C15H17N3O/c1-2-16-10-13-7-8-14(19-13)11-18-15-6-4-3-5-12(15)9-17-18/h3-9,16H,2,10-11H2,1H3. The predicted octanol–water partition coefficient (Wildman–Crippen LogP) is 2.79. The Bertz CT molecular complexity index is 669. The molecule has 19 heavy (non-hydrogen) atoms. The minimum absolute atomic E-state index is 0.666. The summed E-state index contributed by atoms with van der Waals surface area (Å²) < 4.78 is 7.75. The molecule has 0 unspecified atom stereocenters. The maximum atomic E-state index is 5.78. The van der Waals surface area contributed by atoms with E-state index in [-0.39, 0.29) is 0 Å². The maximum Gasteiger partial charge on any atom is 0.125 e. The normalized spacial score (nSPS) is 11.2. The number of hydrogen-bond acceptors (Lipinski definition) is 3. The summed E-state index contributed by atoms with van der Waals surface area (Å²) in [6, 6.07) is 12.2. The highest BCUT2D eigenvalue weighted by Gasteiger charge is 2.06. The van der Waals surface area contributed by atoms with Crippen molar-refractivity contribution in [2.75, 3.05) is 6.54 Å². The number of aromatic nitrogens is 2. The third-order valence-electron chi connectivity index (χ3n) is 3.12. The van der Waals surface area contributed by atoms with E-state index in [1.807, 2.05) is 35.1 Å². The van der Waals surface area contributed by atoms with Crippen LogP contribution in [-0.2, 0) is 13.1 Å². The van der Waals surface area contributed by atoms with E-state index >= 15 is 0 Å². The van der Waals surface area contributed by atoms with Gasteiger partial charge in [0.25, 0.3) is 0 Å². The van der Waals surface area contributed by atoms with Crippen LogP contribution in [0.15, 0.2) is 47.0 Å². The molecule has 0 atom stereocenters. The Morgan fingerprint density at radius 1 is 1.16 bits per heavy atom. The smallest absolute Gasteiger partial charge is 0.125 e. The lowest BCUT2D eigenvalue weighted by Gasteiger charge is -2.01. The molecule has 0 aliphatic rings. The van der Waals surface area contributed by atoms with Crippen LogP contribution < -0.4 is 5.32 Å². The lowest BCUT2D eigenvalue weighted by Crippen LogP contribution is -2.10. The maximum absolute atomic E-state index is 5.78. The number of hydrogen-bond donors (Lipinski definition) is 1. The Kier molecular flexibility index (Phi) is 3.33. The Morgan fingerprint density at radius 3 is 2.89 bits per heavy atom. The SMILES string of the molecule is CCNCc1ccc(Cn2ncc3ccccc32)o1. The number of rotatable bonds is 5. The number of nitrogens with one attached hydrogen (secondary N) is 1. The first-order chi connectivity index (χ1) is 9.36. The van der Waals surface area contributed by atoms with Gasteiger partial charge in [0.05, 0.1) is 24.8 Å². The van der Waals surface area contributed by atoms with Gasteiger partial charge in [-0.05, 0) is 24.7 Å². The van der Waals surface area contributed by atoms with Crippen molar-refractivity contribution >= 4 is 10.9 Å². The Labute approximate surface area is 112 Å². The van der Waals surface area contributed by atoms with Gasteiger partial charge < -0.3 is 9.73 Å². The van der Waals surface area contributed by atoms with Crippen molar-refractivity contribution in [1.82, 2.24) is 15.1 Å². The molecule has 3 aromatic rings. The summed E-state index contributed by atoms with van der Waals surface area (Å²) in [6.45, 7) is 4.47. The van der Waals surface area contributed by atoms with E-state index in [2.05, 4.69) is 29.5 Å². The van der Waals surface area contributed by atoms with Crippen molar-refractivity contribution < 1.29 is 4.42 Å². The minimum atomic E-state index is 0.666. The van der Waals surface area contributed by atoms with Crippen molar-refractivity contribution in [3.63, 3.8) is 0 Å². The number of benzene rings is 1. The van der Waals surface area contributed by atoms with Crippen LogP contribution >= 0.6 is 0 Å². The largest absolute Gasteiger partial charge is 0.463 e. The van der Waals surface area contributed by atoms with Crippen LogP contribution in [0.25, 0.3) is 10.9 Å². The zero-order chi connectivity index (χ0) is 13.1. The van der Waals surface area contributed by atoms with E-state index < -0.39 is 0 Å². The summed E-state index contributed by atoms with van der Waals surface area (Å²) in [5, 5.41) is 8.81. The van der Waals surface area contributed by atoms with Crippen LogP contribution in [0.2, 0.25) is 0 Å². The van der Waals surface area contributed by atoms with Gasteiger partial charge >= 0.3 is 0 Å². The Hall–Kier alpha value is -2.07. The van der Waals surface area contributed by atoms with Gasteiger partial charge in [0.2, 0.25) is 0 Å². The monoisotopic (exact) mass is 255 g/mol. The van der Waals surface area contributed by atoms with Gasteiger partial charge in [0.1, 0.15) is 11.5 Å². The van der Waals surface area contributed by atoms with Gasteiger partial charge in [-0.15, -0.1) is 0 Å². The molecule has 0 aliphatic heterocycles. The van der Waals surface area contributed by atoms with Crippen LogP contribution in [-0.4, -0.2) is 16.3 Å². The van der Waals surface area contributed by atoms with Crippen molar-refractivity contribution in [2.24, 2.45) is 0 Å². The molecule has 1 aromatic carbocycles. The molecule has 2 heterocycles. The molecule has 3 rings (SSSR count). The first-order valence-corrected chi connectivity index (χ1v) is 6.55. The molecule has 4 heteroatoms. The van der Waals surface area contributed by atoms with Gasteiger partial charge in [-0.2, -0.15) is 5.10 Å². The zero-order valence-electron chi connectivity index (χ0n) is 11.0. The van der Waals surface area contributed by atoms with Crippen molar-refractivity contribution in [2.45, 2.75) is 20.0 Å². The van der Waals surface area contributed by atoms with Gasteiger partial charge in [0.15, 0.2) is 0 Å². The molecule has 98 valence electrons. The number of nitrogens with zero attached hydrogens (tertiary/aromatic N) is 2. The third-order valence-corrected chi connectivity index (χ3v) is 3.12. The van der Waals surface area contributed by atoms with Gasteiger partial charge in [-0.1, -0.05) is 25.1 Å². The lowest BCUT2D eigenvalue weighted by atomic mass is 10.2. The second-order valence-electron chi connectivity index (χ2n) is 4.51. The number of fused-ring (bicyclic) bond motifs is 1. The first-order valence-electron chi connectivity index (χ1n) is 6.55. The Morgan fingerprint density at radius 2 is 2.00 bits per heavy atom. The van der Waals surface area contributed by atoms with Crippen LogP contribution in [0, 0.1) is 0 Å². The van der Waals surface area contributed by atoms with Crippen molar-refractivity contribution in [1.29, 1.82) is 0 Å². The number of furan rings is 1. The lowest BCUT2D eigenvalue weighted by molar-refractivity contribution is 0.435. The fourth-order valence-electron chi connectivity index (χ4n) is 2.15. The highest BCUT2D eigenvalue weighted by atomic mass is 16.3. The molecule has 0 fully saturated rings.